The second kappa shape index (κ2) is 5.44. The SMILES string of the molecule is CNCC(O)c1cc(F)cc(OC)c1Br. The smallest absolute Gasteiger partial charge is 0.136 e. The Hall–Kier alpha value is -0.650. The summed E-state index contributed by atoms with van der Waals surface area (Å²) in [6, 6.07) is 2.55. The molecule has 0 aliphatic carbocycles. The lowest BCUT2D eigenvalue weighted by Crippen LogP contribution is -2.17. The second-order valence-corrected chi connectivity index (χ2v) is 3.88. The van der Waals surface area contributed by atoms with E-state index in [0.29, 0.717) is 22.3 Å². The van der Waals surface area contributed by atoms with Gasteiger partial charge < -0.3 is 15.2 Å². The van der Waals surface area contributed by atoms with Gasteiger partial charge in [0.1, 0.15) is 11.6 Å². The molecule has 0 saturated carbocycles. The van der Waals surface area contributed by atoms with E-state index in [1.807, 2.05) is 0 Å². The van der Waals surface area contributed by atoms with Gasteiger partial charge in [-0.3, -0.25) is 0 Å². The first-order valence-corrected chi connectivity index (χ1v) is 5.25. The quantitative estimate of drug-likeness (QED) is 0.883. The molecule has 5 heteroatoms. The van der Waals surface area contributed by atoms with Gasteiger partial charge in [0.2, 0.25) is 0 Å². The summed E-state index contributed by atoms with van der Waals surface area (Å²) >= 11 is 3.27. The van der Waals surface area contributed by atoms with Crippen molar-refractivity contribution in [3.05, 3.63) is 28.0 Å². The van der Waals surface area contributed by atoms with Gasteiger partial charge in [-0.25, -0.2) is 4.39 Å². The Labute approximate surface area is 96.4 Å². The summed E-state index contributed by atoms with van der Waals surface area (Å²) in [5.74, 6) is -0.0552. The second-order valence-electron chi connectivity index (χ2n) is 3.08. The Morgan fingerprint density at radius 2 is 2.27 bits per heavy atom. The van der Waals surface area contributed by atoms with E-state index in [1.54, 1.807) is 7.05 Å². The monoisotopic (exact) mass is 277 g/mol. The van der Waals surface area contributed by atoms with E-state index in [4.69, 9.17) is 4.74 Å². The Kier molecular flexibility index (Phi) is 4.50. The average molecular weight is 278 g/mol. The summed E-state index contributed by atoms with van der Waals surface area (Å²) in [5, 5.41) is 12.5. The van der Waals surface area contributed by atoms with Crippen LogP contribution >= 0.6 is 15.9 Å². The van der Waals surface area contributed by atoms with E-state index < -0.39 is 11.9 Å². The van der Waals surface area contributed by atoms with E-state index in [-0.39, 0.29) is 0 Å². The Morgan fingerprint density at radius 3 is 2.80 bits per heavy atom. The third-order valence-electron chi connectivity index (χ3n) is 2.01. The summed E-state index contributed by atoms with van der Waals surface area (Å²) in [7, 11) is 3.17. The third kappa shape index (κ3) is 2.90. The maximum Gasteiger partial charge on any atom is 0.136 e. The molecule has 0 aliphatic heterocycles. The predicted octanol–water partition coefficient (Wildman–Crippen LogP) is 1.85. The van der Waals surface area contributed by atoms with Gasteiger partial charge in [-0.2, -0.15) is 0 Å². The number of nitrogens with one attached hydrogen (secondary N) is 1. The summed E-state index contributed by atoms with van der Waals surface area (Å²) in [4.78, 5) is 0. The number of hydrogen-bond acceptors (Lipinski definition) is 3. The molecule has 0 heterocycles. The van der Waals surface area contributed by atoms with Crippen molar-refractivity contribution in [2.45, 2.75) is 6.10 Å². The first-order valence-electron chi connectivity index (χ1n) is 4.45. The van der Waals surface area contributed by atoms with Crippen LogP contribution < -0.4 is 10.1 Å². The minimum atomic E-state index is -0.769. The third-order valence-corrected chi connectivity index (χ3v) is 2.86. The number of hydrogen-bond donors (Lipinski definition) is 2. The van der Waals surface area contributed by atoms with Crippen molar-refractivity contribution in [3.63, 3.8) is 0 Å². The van der Waals surface area contributed by atoms with Crippen LogP contribution in [-0.4, -0.2) is 25.8 Å². The zero-order valence-corrected chi connectivity index (χ0v) is 10.1. The zero-order valence-electron chi connectivity index (χ0n) is 8.55. The number of aliphatic hydroxyl groups excluding tert-OH is 1. The fourth-order valence-electron chi connectivity index (χ4n) is 1.28. The Balaban J connectivity index is 3.11. The number of methoxy groups -OCH3 is 1. The normalized spacial score (nSPS) is 12.6. The van der Waals surface area contributed by atoms with Crippen LogP contribution in [0.1, 0.15) is 11.7 Å². The molecule has 2 N–H and O–H groups in total. The highest BCUT2D eigenvalue weighted by Gasteiger charge is 2.15. The molecule has 1 aromatic rings. The molecule has 15 heavy (non-hydrogen) atoms. The molecule has 0 aromatic heterocycles. The van der Waals surface area contributed by atoms with E-state index in [2.05, 4.69) is 21.2 Å². The minimum absolute atomic E-state index is 0.352. The van der Waals surface area contributed by atoms with Gasteiger partial charge in [-0.15, -0.1) is 0 Å². The van der Waals surface area contributed by atoms with Crippen molar-refractivity contribution in [3.8, 4) is 5.75 Å². The fourth-order valence-corrected chi connectivity index (χ4v) is 1.93. The summed E-state index contributed by atoms with van der Waals surface area (Å²) in [5.41, 5.74) is 0.473. The molecule has 1 atom stereocenters. The van der Waals surface area contributed by atoms with Crippen LogP contribution in [0.15, 0.2) is 16.6 Å². The average Bonchev–Trinajstić information content (AvgIpc) is 2.21. The summed E-state index contributed by atoms with van der Waals surface area (Å²) in [6.45, 7) is 0.352. The van der Waals surface area contributed by atoms with E-state index >= 15 is 0 Å². The summed E-state index contributed by atoms with van der Waals surface area (Å²) in [6.07, 6.45) is -0.769. The van der Waals surface area contributed by atoms with E-state index in [0.717, 1.165) is 0 Å². The van der Waals surface area contributed by atoms with Crippen molar-refractivity contribution in [1.82, 2.24) is 5.32 Å². The highest BCUT2D eigenvalue weighted by molar-refractivity contribution is 9.10. The fraction of sp³-hybridized carbons (Fsp3) is 0.400. The van der Waals surface area contributed by atoms with Crippen molar-refractivity contribution >= 4 is 15.9 Å². The molecule has 0 saturated heterocycles. The first kappa shape index (κ1) is 12.4. The molecule has 3 nitrogen and oxygen atoms in total. The standard InChI is InChI=1S/C10H13BrFNO2/c1-13-5-8(14)7-3-6(12)4-9(15-2)10(7)11/h3-4,8,13-14H,5H2,1-2H3. The maximum absolute atomic E-state index is 13.2. The van der Waals surface area contributed by atoms with E-state index in [1.165, 1.54) is 19.2 Å². The number of likely N-dealkylation sites (N-methyl/N-ethyl adjacent to an activating group) is 1. The van der Waals surface area contributed by atoms with Gasteiger partial charge in [0.15, 0.2) is 0 Å². The van der Waals surface area contributed by atoms with Gasteiger partial charge in [0.05, 0.1) is 17.7 Å². The van der Waals surface area contributed by atoms with Crippen LogP contribution in [0, 0.1) is 5.82 Å². The molecule has 0 aliphatic rings. The Morgan fingerprint density at radius 1 is 1.60 bits per heavy atom. The van der Waals surface area contributed by atoms with Crippen LogP contribution in [0.4, 0.5) is 4.39 Å². The van der Waals surface area contributed by atoms with Crippen LogP contribution in [0.3, 0.4) is 0 Å². The zero-order chi connectivity index (χ0) is 11.4. The lowest BCUT2D eigenvalue weighted by molar-refractivity contribution is 0.176. The molecule has 0 spiro atoms. The number of benzene rings is 1. The van der Waals surface area contributed by atoms with Crippen molar-refractivity contribution in [2.75, 3.05) is 20.7 Å². The molecule has 84 valence electrons. The van der Waals surface area contributed by atoms with Crippen molar-refractivity contribution in [2.24, 2.45) is 0 Å². The lowest BCUT2D eigenvalue weighted by atomic mass is 10.1. The molecule has 1 aromatic carbocycles. The highest BCUT2D eigenvalue weighted by atomic mass is 79.9. The van der Waals surface area contributed by atoms with Gasteiger partial charge in [-0.1, -0.05) is 0 Å². The molecule has 0 bridgehead atoms. The summed E-state index contributed by atoms with van der Waals surface area (Å²) < 4.78 is 18.7. The topological polar surface area (TPSA) is 41.5 Å². The largest absolute Gasteiger partial charge is 0.495 e. The molecular weight excluding hydrogens is 265 g/mol. The van der Waals surface area contributed by atoms with Crippen LogP contribution in [0.25, 0.3) is 0 Å². The van der Waals surface area contributed by atoms with Crippen LogP contribution in [0.5, 0.6) is 5.75 Å². The van der Waals surface area contributed by atoms with Crippen LogP contribution in [-0.2, 0) is 0 Å². The van der Waals surface area contributed by atoms with E-state index in [9.17, 15) is 9.50 Å². The minimum Gasteiger partial charge on any atom is -0.495 e. The highest BCUT2D eigenvalue weighted by Crippen LogP contribution is 2.33. The van der Waals surface area contributed by atoms with Crippen molar-refractivity contribution < 1.29 is 14.2 Å². The maximum atomic E-state index is 13.2. The van der Waals surface area contributed by atoms with Gasteiger partial charge in [0.25, 0.3) is 0 Å². The Bertz CT molecular complexity index is 346. The molecule has 1 unspecified atom stereocenters. The van der Waals surface area contributed by atoms with Gasteiger partial charge in [0, 0.05) is 18.2 Å². The molecule has 0 fully saturated rings. The van der Waals surface area contributed by atoms with Gasteiger partial charge in [-0.05, 0) is 29.0 Å². The van der Waals surface area contributed by atoms with Gasteiger partial charge >= 0.3 is 0 Å². The number of rotatable bonds is 4. The van der Waals surface area contributed by atoms with Crippen LogP contribution in [0.2, 0.25) is 0 Å². The lowest BCUT2D eigenvalue weighted by Gasteiger charge is -2.14. The molecule has 0 radical (unpaired) electrons. The number of ether oxygens (including phenoxy) is 1. The number of halogens is 2. The molecule has 0 amide bonds. The molecule has 1 rings (SSSR count). The first-order chi connectivity index (χ1) is 7.10. The predicted molar refractivity (Wildman–Crippen MR) is 59.5 cm³/mol. The number of aliphatic hydroxyl groups is 1. The van der Waals surface area contributed by atoms with Crippen molar-refractivity contribution in [1.29, 1.82) is 0 Å². The molecular formula is C10H13BrFNO2.